The first-order valence-electron chi connectivity index (χ1n) is 4.02. The Bertz CT molecular complexity index is 327. The van der Waals surface area contributed by atoms with Crippen molar-refractivity contribution in [3.8, 4) is 0 Å². The maximum atomic E-state index is 12.8. The maximum absolute atomic E-state index is 12.8. The van der Waals surface area contributed by atoms with Gasteiger partial charge in [-0.2, -0.15) is 0 Å². The molecular formula is C10H8BrCl2F. The standard InChI is InChI=1S/C10H8BrCl2F/c11-4-2-1-3-8-9(12)5-7(14)6-10(8)13/h1,3,5-6H,2,4H2. The molecule has 1 aromatic carbocycles. The number of alkyl halides is 1. The molecule has 1 aromatic rings. The molecular weight excluding hydrogens is 290 g/mol. The van der Waals surface area contributed by atoms with E-state index in [0.717, 1.165) is 11.8 Å². The van der Waals surface area contributed by atoms with Crippen molar-refractivity contribution in [2.75, 3.05) is 5.33 Å². The number of hydrogen-bond donors (Lipinski definition) is 0. The lowest BCUT2D eigenvalue weighted by molar-refractivity contribution is 0.628. The maximum Gasteiger partial charge on any atom is 0.126 e. The Morgan fingerprint density at radius 2 is 1.86 bits per heavy atom. The van der Waals surface area contributed by atoms with Crippen molar-refractivity contribution < 1.29 is 4.39 Å². The first-order valence-corrected chi connectivity index (χ1v) is 5.90. The smallest absolute Gasteiger partial charge is 0.126 e. The Morgan fingerprint density at radius 3 is 2.36 bits per heavy atom. The number of hydrogen-bond acceptors (Lipinski definition) is 0. The summed E-state index contributed by atoms with van der Waals surface area (Å²) in [6.45, 7) is 0. The molecule has 0 saturated heterocycles. The fourth-order valence-electron chi connectivity index (χ4n) is 0.977. The molecule has 0 saturated carbocycles. The van der Waals surface area contributed by atoms with Gasteiger partial charge in [0.2, 0.25) is 0 Å². The molecule has 4 heteroatoms. The van der Waals surface area contributed by atoms with Crippen LogP contribution in [0.2, 0.25) is 10.0 Å². The number of rotatable bonds is 3. The zero-order valence-corrected chi connectivity index (χ0v) is 10.3. The molecule has 0 atom stereocenters. The van der Waals surface area contributed by atoms with Crippen molar-refractivity contribution in [3.63, 3.8) is 0 Å². The van der Waals surface area contributed by atoms with E-state index in [9.17, 15) is 4.39 Å². The molecule has 0 fully saturated rings. The van der Waals surface area contributed by atoms with Crippen LogP contribution in [0.25, 0.3) is 6.08 Å². The number of allylic oxidation sites excluding steroid dienone is 1. The van der Waals surface area contributed by atoms with Crippen LogP contribution < -0.4 is 0 Å². The third kappa shape index (κ3) is 3.26. The molecule has 0 N–H and O–H groups in total. The van der Waals surface area contributed by atoms with Crippen LogP contribution in [0.5, 0.6) is 0 Å². The van der Waals surface area contributed by atoms with Crippen molar-refractivity contribution >= 4 is 45.2 Å². The average Bonchev–Trinajstić information content (AvgIpc) is 2.09. The quantitative estimate of drug-likeness (QED) is 0.694. The van der Waals surface area contributed by atoms with Crippen molar-refractivity contribution in [1.82, 2.24) is 0 Å². The van der Waals surface area contributed by atoms with Crippen LogP contribution in [0.1, 0.15) is 12.0 Å². The predicted molar refractivity (Wildman–Crippen MR) is 63.9 cm³/mol. The molecule has 0 radical (unpaired) electrons. The molecule has 0 aliphatic carbocycles. The summed E-state index contributed by atoms with van der Waals surface area (Å²) >= 11 is 14.9. The minimum absolute atomic E-state index is 0.334. The molecule has 76 valence electrons. The third-order valence-corrected chi connectivity index (χ3v) is 2.69. The lowest BCUT2D eigenvalue weighted by Crippen LogP contribution is -1.82. The minimum Gasteiger partial charge on any atom is -0.207 e. The molecule has 0 spiro atoms. The summed E-state index contributed by atoms with van der Waals surface area (Å²) in [5.41, 5.74) is 0.663. The highest BCUT2D eigenvalue weighted by Gasteiger charge is 2.04. The molecule has 0 aliphatic rings. The van der Waals surface area contributed by atoms with E-state index in [4.69, 9.17) is 23.2 Å². The van der Waals surface area contributed by atoms with E-state index < -0.39 is 5.82 Å². The second-order valence-corrected chi connectivity index (χ2v) is 4.27. The Kier molecular flexibility index (Phi) is 4.93. The van der Waals surface area contributed by atoms with Crippen molar-refractivity contribution in [3.05, 3.63) is 39.6 Å². The fourth-order valence-corrected chi connectivity index (χ4v) is 1.83. The van der Waals surface area contributed by atoms with Gasteiger partial charge in [0, 0.05) is 10.9 Å². The van der Waals surface area contributed by atoms with Crippen LogP contribution in [0, 0.1) is 5.82 Å². The number of halogens is 4. The van der Waals surface area contributed by atoms with E-state index >= 15 is 0 Å². The van der Waals surface area contributed by atoms with Gasteiger partial charge in [0.15, 0.2) is 0 Å². The molecule has 14 heavy (non-hydrogen) atoms. The van der Waals surface area contributed by atoms with E-state index in [2.05, 4.69) is 15.9 Å². The van der Waals surface area contributed by atoms with Crippen molar-refractivity contribution in [2.45, 2.75) is 6.42 Å². The molecule has 1 rings (SSSR count). The normalized spacial score (nSPS) is 11.1. The Hall–Kier alpha value is -0.0500. The SMILES string of the molecule is Fc1cc(Cl)c(C=CCCBr)c(Cl)c1. The third-order valence-electron chi connectivity index (χ3n) is 1.60. The van der Waals surface area contributed by atoms with E-state index in [1.165, 1.54) is 12.1 Å². The van der Waals surface area contributed by atoms with Crippen molar-refractivity contribution in [2.24, 2.45) is 0 Å². The summed E-state index contributed by atoms with van der Waals surface area (Å²) in [6, 6.07) is 2.50. The highest BCUT2D eigenvalue weighted by atomic mass is 79.9. The largest absolute Gasteiger partial charge is 0.207 e. The second-order valence-electron chi connectivity index (χ2n) is 2.66. The van der Waals surface area contributed by atoms with Gasteiger partial charge in [0.05, 0.1) is 10.0 Å². The highest BCUT2D eigenvalue weighted by Crippen LogP contribution is 2.27. The van der Waals surface area contributed by atoms with Gasteiger partial charge in [-0.1, -0.05) is 51.3 Å². The molecule has 0 bridgehead atoms. The molecule has 0 unspecified atom stereocenters. The molecule has 0 nitrogen and oxygen atoms in total. The van der Waals surface area contributed by atoms with Crippen LogP contribution in [-0.4, -0.2) is 5.33 Å². The van der Waals surface area contributed by atoms with Gasteiger partial charge >= 0.3 is 0 Å². The summed E-state index contributed by atoms with van der Waals surface area (Å²) < 4.78 is 12.8. The Labute approximate surface area is 101 Å². The van der Waals surface area contributed by atoms with Gasteiger partial charge in [0.1, 0.15) is 5.82 Å². The van der Waals surface area contributed by atoms with Gasteiger partial charge in [-0.05, 0) is 18.6 Å². The summed E-state index contributed by atoms with van der Waals surface area (Å²) in [6.07, 6.45) is 4.61. The van der Waals surface area contributed by atoms with E-state index in [0.29, 0.717) is 15.6 Å². The van der Waals surface area contributed by atoms with E-state index in [1.54, 1.807) is 6.08 Å². The number of benzene rings is 1. The zero-order chi connectivity index (χ0) is 10.6. The summed E-state index contributed by atoms with van der Waals surface area (Å²) in [4.78, 5) is 0. The highest BCUT2D eigenvalue weighted by molar-refractivity contribution is 9.09. The van der Waals surface area contributed by atoms with E-state index in [-0.39, 0.29) is 0 Å². The van der Waals surface area contributed by atoms with Gasteiger partial charge < -0.3 is 0 Å². The summed E-state index contributed by atoms with van der Waals surface area (Å²) in [7, 11) is 0. The summed E-state index contributed by atoms with van der Waals surface area (Å²) in [5, 5.41) is 1.54. The van der Waals surface area contributed by atoms with Crippen LogP contribution in [-0.2, 0) is 0 Å². The van der Waals surface area contributed by atoms with Crippen LogP contribution >= 0.6 is 39.1 Å². The van der Waals surface area contributed by atoms with Gasteiger partial charge in [-0.15, -0.1) is 0 Å². The zero-order valence-electron chi connectivity index (χ0n) is 7.24. The fraction of sp³-hybridized carbons (Fsp3) is 0.200. The summed E-state index contributed by atoms with van der Waals surface area (Å²) in [5.74, 6) is -0.419. The monoisotopic (exact) mass is 296 g/mol. The average molecular weight is 298 g/mol. The first kappa shape index (κ1) is 12.0. The lowest BCUT2D eigenvalue weighted by atomic mass is 10.2. The minimum atomic E-state index is -0.419. The topological polar surface area (TPSA) is 0 Å². The Morgan fingerprint density at radius 1 is 1.29 bits per heavy atom. The van der Waals surface area contributed by atoms with Gasteiger partial charge in [-0.3, -0.25) is 0 Å². The van der Waals surface area contributed by atoms with Crippen molar-refractivity contribution in [1.29, 1.82) is 0 Å². The van der Waals surface area contributed by atoms with Gasteiger partial charge in [0.25, 0.3) is 0 Å². The van der Waals surface area contributed by atoms with Gasteiger partial charge in [-0.25, -0.2) is 4.39 Å². The predicted octanol–water partition coefficient (Wildman–Crippen LogP) is 4.93. The van der Waals surface area contributed by atoms with Crippen LogP contribution in [0.15, 0.2) is 18.2 Å². The van der Waals surface area contributed by atoms with Crippen LogP contribution in [0.3, 0.4) is 0 Å². The molecule has 0 aliphatic heterocycles. The molecule has 0 amide bonds. The van der Waals surface area contributed by atoms with E-state index in [1.807, 2.05) is 6.08 Å². The Balaban J connectivity index is 2.96. The first-order chi connectivity index (χ1) is 6.65. The van der Waals surface area contributed by atoms with Crippen LogP contribution in [0.4, 0.5) is 4.39 Å². The second kappa shape index (κ2) is 5.74. The molecule has 0 heterocycles. The molecule has 0 aromatic heterocycles. The lowest BCUT2D eigenvalue weighted by Gasteiger charge is -2.01.